The lowest BCUT2D eigenvalue weighted by atomic mass is 10.1. The maximum atomic E-state index is 13.1. The van der Waals surface area contributed by atoms with Gasteiger partial charge >= 0.3 is 0 Å². The number of rotatable bonds is 3. The van der Waals surface area contributed by atoms with Crippen LogP contribution in [-0.2, 0) is 6.42 Å². The van der Waals surface area contributed by atoms with Crippen molar-refractivity contribution in [3.63, 3.8) is 0 Å². The highest BCUT2D eigenvalue weighted by Gasteiger charge is 2.13. The molecule has 0 aliphatic heterocycles. The third-order valence-corrected chi connectivity index (χ3v) is 4.79. The Bertz CT molecular complexity index is 545. The largest absolute Gasteiger partial charge is 0.387 e. The maximum Gasteiger partial charge on any atom is 0.137 e. The van der Waals surface area contributed by atoms with Gasteiger partial charge in [0.1, 0.15) is 5.82 Å². The van der Waals surface area contributed by atoms with Crippen molar-refractivity contribution in [3.05, 3.63) is 55.4 Å². The van der Waals surface area contributed by atoms with Crippen LogP contribution in [0.15, 0.2) is 28.7 Å². The number of thiophene rings is 1. The van der Waals surface area contributed by atoms with Crippen molar-refractivity contribution in [2.24, 2.45) is 0 Å². The van der Waals surface area contributed by atoms with E-state index in [2.05, 4.69) is 15.9 Å². The van der Waals surface area contributed by atoms with E-state index in [0.717, 1.165) is 10.4 Å². The SMILES string of the molecule is Cc1cc(C(O)Cc2ccc(F)c(Br)c2)sc1C. The molecule has 1 aromatic carbocycles. The Hall–Kier alpha value is -0.710. The fourth-order valence-corrected chi connectivity index (χ4v) is 3.21. The molecule has 0 fully saturated rings. The molecule has 1 atom stereocenters. The van der Waals surface area contributed by atoms with Crippen molar-refractivity contribution >= 4 is 27.3 Å². The average Bonchev–Trinajstić information content (AvgIpc) is 2.65. The van der Waals surface area contributed by atoms with Crippen LogP contribution in [0.4, 0.5) is 4.39 Å². The molecule has 0 radical (unpaired) electrons. The normalized spacial score (nSPS) is 12.7. The molecule has 1 aromatic heterocycles. The molecule has 1 nitrogen and oxygen atoms in total. The van der Waals surface area contributed by atoms with Crippen molar-refractivity contribution in [2.75, 3.05) is 0 Å². The summed E-state index contributed by atoms with van der Waals surface area (Å²) in [5.74, 6) is -0.281. The highest BCUT2D eigenvalue weighted by Crippen LogP contribution is 2.29. The molecule has 0 amide bonds. The molecule has 0 saturated heterocycles. The van der Waals surface area contributed by atoms with E-state index in [-0.39, 0.29) is 5.82 Å². The number of aliphatic hydroxyl groups is 1. The van der Waals surface area contributed by atoms with Crippen molar-refractivity contribution in [1.82, 2.24) is 0 Å². The molecular formula is C14H14BrFOS. The number of aryl methyl sites for hydroxylation is 2. The lowest BCUT2D eigenvalue weighted by Gasteiger charge is -2.09. The van der Waals surface area contributed by atoms with E-state index < -0.39 is 6.10 Å². The standard InChI is InChI=1S/C14H14BrFOS/c1-8-5-14(18-9(8)2)13(17)7-10-3-4-12(16)11(15)6-10/h3-6,13,17H,7H2,1-2H3. The fraction of sp³-hybridized carbons (Fsp3) is 0.286. The van der Waals surface area contributed by atoms with Crippen molar-refractivity contribution in [2.45, 2.75) is 26.4 Å². The summed E-state index contributed by atoms with van der Waals surface area (Å²) in [5.41, 5.74) is 2.12. The molecular weight excluding hydrogens is 315 g/mol. The molecule has 1 unspecified atom stereocenters. The molecule has 18 heavy (non-hydrogen) atoms. The molecule has 0 aliphatic rings. The second-order valence-corrected chi connectivity index (χ2v) is 6.50. The molecule has 4 heteroatoms. The molecule has 96 valence electrons. The van der Waals surface area contributed by atoms with Gasteiger partial charge in [-0.25, -0.2) is 4.39 Å². The topological polar surface area (TPSA) is 20.2 Å². The zero-order chi connectivity index (χ0) is 13.3. The zero-order valence-electron chi connectivity index (χ0n) is 10.2. The number of aliphatic hydroxyl groups excluding tert-OH is 1. The quantitative estimate of drug-likeness (QED) is 0.876. The van der Waals surface area contributed by atoms with Crippen LogP contribution < -0.4 is 0 Å². The molecule has 0 aliphatic carbocycles. The van der Waals surface area contributed by atoms with Crippen LogP contribution in [0.2, 0.25) is 0 Å². The van der Waals surface area contributed by atoms with Gasteiger partial charge in [0.25, 0.3) is 0 Å². The van der Waals surface area contributed by atoms with Crippen LogP contribution in [0.25, 0.3) is 0 Å². The van der Waals surface area contributed by atoms with E-state index in [4.69, 9.17) is 0 Å². The van der Waals surface area contributed by atoms with Crippen LogP contribution in [0.1, 0.15) is 27.0 Å². The van der Waals surface area contributed by atoms with Gasteiger partial charge in [0.2, 0.25) is 0 Å². The van der Waals surface area contributed by atoms with Gasteiger partial charge in [0.05, 0.1) is 10.6 Å². The van der Waals surface area contributed by atoms with E-state index in [0.29, 0.717) is 10.9 Å². The van der Waals surface area contributed by atoms with Crippen LogP contribution >= 0.6 is 27.3 Å². The third kappa shape index (κ3) is 2.99. The summed E-state index contributed by atoms with van der Waals surface area (Å²) < 4.78 is 13.5. The number of hydrogen-bond acceptors (Lipinski definition) is 2. The third-order valence-electron chi connectivity index (χ3n) is 2.93. The van der Waals surface area contributed by atoms with Gasteiger partial charge in [0, 0.05) is 16.2 Å². The van der Waals surface area contributed by atoms with Crippen LogP contribution in [-0.4, -0.2) is 5.11 Å². The Morgan fingerprint density at radius 1 is 1.33 bits per heavy atom. The van der Waals surface area contributed by atoms with E-state index in [1.54, 1.807) is 23.5 Å². The first-order chi connectivity index (χ1) is 8.47. The molecule has 0 saturated carbocycles. The van der Waals surface area contributed by atoms with Gasteiger partial charge in [0.15, 0.2) is 0 Å². The number of benzene rings is 1. The monoisotopic (exact) mass is 328 g/mol. The lowest BCUT2D eigenvalue weighted by Crippen LogP contribution is -1.99. The first kappa shape index (κ1) is 13.7. The molecule has 2 rings (SSSR count). The van der Waals surface area contributed by atoms with Gasteiger partial charge in [-0.15, -0.1) is 11.3 Å². The predicted octanol–water partition coefficient (Wildman–Crippen LogP) is 4.54. The summed E-state index contributed by atoms with van der Waals surface area (Å²) in [7, 11) is 0. The minimum absolute atomic E-state index is 0.281. The van der Waals surface area contributed by atoms with Gasteiger partial charge in [-0.2, -0.15) is 0 Å². The lowest BCUT2D eigenvalue weighted by molar-refractivity contribution is 0.182. The first-order valence-electron chi connectivity index (χ1n) is 5.66. The van der Waals surface area contributed by atoms with Crippen molar-refractivity contribution in [3.8, 4) is 0 Å². The average molecular weight is 329 g/mol. The van der Waals surface area contributed by atoms with Crippen molar-refractivity contribution < 1.29 is 9.50 Å². The first-order valence-corrected chi connectivity index (χ1v) is 7.27. The van der Waals surface area contributed by atoms with Crippen LogP contribution in [0.3, 0.4) is 0 Å². The summed E-state index contributed by atoms with van der Waals surface area (Å²) in [6.45, 7) is 4.08. The Labute approximate surface area is 118 Å². The summed E-state index contributed by atoms with van der Waals surface area (Å²) >= 11 is 4.77. The zero-order valence-corrected chi connectivity index (χ0v) is 12.6. The van der Waals surface area contributed by atoms with Gasteiger partial charge in [-0.1, -0.05) is 6.07 Å². The summed E-state index contributed by atoms with van der Waals surface area (Å²) in [5, 5.41) is 10.2. The highest BCUT2D eigenvalue weighted by molar-refractivity contribution is 9.10. The predicted molar refractivity (Wildman–Crippen MR) is 76.6 cm³/mol. The molecule has 0 bridgehead atoms. The fourth-order valence-electron chi connectivity index (χ4n) is 1.76. The Balaban J connectivity index is 2.15. The Morgan fingerprint density at radius 2 is 2.06 bits per heavy atom. The Morgan fingerprint density at radius 3 is 2.61 bits per heavy atom. The van der Waals surface area contributed by atoms with Crippen LogP contribution in [0.5, 0.6) is 0 Å². The van der Waals surface area contributed by atoms with E-state index in [1.807, 2.05) is 19.9 Å². The number of halogens is 2. The number of hydrogen-bond donors (Lipinski definition) is 1. The van der Waals surface area contributed by atoms with Crippen LogP contribution in [0, 0.1) is 19.7 Å². The van der Waals surface area contributed by atoms with Gasteiger partial charge < -0.3 is 5.11 Å². The molecule has 0 spiro atoms. The Kier molecular flexibility index (Phi) is 4.20. The van der Waals surface area contributed by atoms with E-state index >= 15 is 0 Å². The second-order valence-electron chi connectivity index (χ2n) is 4.36. The minimum Gasteiger partial charge on any atom is -0.387 e. The van der Waals surface area contributed by atoms with Gasteiger partial charge in [-0.3, -0.25) is 0 Å². The smallest absolute Gasteiger partial charge is 0.137 e. The highest BCUT2D eigenvalue weighted by atomic mass is 79.9. The summed E-state index contributed by atoms with van der Waals surface area (Å²) in [6, 6.07) is 6.85. The molecule has 2 aromatic rings. The summed E-state index contributed by atoms with van der Waals surface area (Å²) in [4.78, 5) is 2.19. The van der Waals surface area contributed by atoms with Crippen molar-refractivity contribution in [1.29, 1.82) is 0 Å². The second kappa shape index (κ2) is 5.51. The minimum atomic E-state index is -0.528. The van der Waals surface area contributed by atoms with E-state index in [1.165, 1.54) is 16.5 Å². The van der Waals surface area contributed by atoms with E-state index in [9.17, 15) is 9.50 Å². The maximum absolute atomic E-state index is 13.1. The van der Waals surface area contributed by atoms with Gasteiger partial charge in [-0.05, 0) is 59.1 Å². The summed E-state index contributed by atoms with van der Waals surface area (Å²) in [6.07, 6.45) is -0.0297. The molecule has 1 N–H and O–H groups in total. The molecule has 1 heterocycles.